The minimum Gasteiger partial charge on any atom is -0.260 e. The Morgan fingerprint density at radius 3 is 2.53 bits per heavy atom. The first kappa shape index (κ1) is 11.4. The van der Waals surface area contributed by atoms with Gasteiger partial charge in [0.1, 0.15) is 0 Å². The van der Waals surface area contributed by atoms with E-state index in [-0.39, 0.29) is 5.92 Å². The van der Waals surface area contributed by atoms with E-state index in [1.54, 1.807) is 6.20 Å². The van der Waals surface area contributed by atoms with Crippen molar-refractivity contribution in [2.75, 3.05) is 0 Å². The first-order valence-electron chi connectivity index (χ1n) is 5.72. The van der Waals surface area contributed by atoms with E-state index in [4.69, 9.17) is 6.42 Å². The largest absolute Gasteiger partial charge is 0.260 e. The number of aryl methyl sites for hydroxylation is 1. The maximum Gasteiger partial charge on any atom is 0.0662 e. The van der Waals surface area contributed by atoms with Crippen LogP contribution in [0, 0.1) is 19.3 Å². The minimum absolute atomic E-state index is 0.0545. The Bertz CT molecular complexity index is 505. The summed E-state index contributed by atoms with van der Waals surface area (Å²) in [5.74, 6) is 2.87. The summed E-state index contributed by atoms with van der Waals surface area (Å²) < 4.78 is 0. The van der Waals surface area contributed by atoms with Crippen LogP contribution in [0.5, 0.6) is 0 Å². The molecule has 0 fully saturated rings. The van der Waals surface area contributed by atoms with E-state index in [1.165, 1.54) is 11.1 Å². The number of benzene rings is 1. The fraction of sp³-hybridized carbons (Fsp3) is 0.188. The van der Waals surface area contributed by atoms with Crippen LogP contribution in [0.4, 0.5) is 0 Å². The second kappa shape index (κ2) is 5.32. The van der Waals surface area contributed by atoms with Crippen molar-refractivity contribution < 1.29 is 0 Å². The second-order valence-electron chi connectivity index (χ2n) is 4.16. The van der Waals surface area contributed by atoms with Gasteiger partial charge in [0.05, 0.1) is 11.6 Å². The van der Waals surface area contributed by atoms with E-state index in [9.17, 15) is 0 Å². The summed E-state index contributed by atoms with van der Waals surface area (Å²) in [7, 11) is 0. The quantitative estimate of drug-likeness (QED) is 0.724. The molecule has 17 heavy (non-hydrogen) atoms. The smallest absolute Gasteiger partial charge is 0.0662 e. The molecule has 0 aliphatic heterocycles. The number of hydrogen-bond acceptors (Lipinski definition) is 1. The van der Waals surface area contributed by atoms with Gasteiger partial charge in [-0.05, 0) is 31.0 Å². The van der Waals surface area contributed by atoms with E-state index >= 15 is 0 Å². The Balaban J connectivity index is 2.17. The third kappa shape index (κ3) is 2.95. The van der Waals surface area contributed by atoms with Crippen LogP contribution >= 0.6 is 0 Å². The predicted octanol–water partition coefficient (Wildman–Crippen LogP) is 3.35. The molecule has 0 radical (unpaired) electrons. The number of terminal acetylenes is 1. The van der Waals surface area contributed by atoms with Gasteiger partial charge >= 0.3 is 0 Å². The van der Waals surface area contributed by atoms with E-state index in [1.807, 2.05) is 18.2 Å². The highest BCUT2D eigenvalue weighted by Gasteiger charge is 2.09. The molecular weight excluding hydrogens is 206 g/mol. The number of nitrogens with zero attached hydrogens (tertiary/aromatic N) is 1. The van der Waals surface area contributed by atoms with Gasteiger partial charge in [0.2, 0.25) is 0 Å². The standard InChI is InChI=1S/C16H15N/c1-3-15(16-6-4-5-11-17-16)12-14-9-7-13(2)8-10-14/h1,4-11,15H,12H2,2H3. The molecule has 0 spiro atoms. The van der Waals surface area contributed by atoms with Gasteiger partial charge in [-0.1, -0.05) is 41.8 Å². The summed E-state index contributed by atoms with van der Waals surface area (Å²) >= 11 is 0. The summed E-state index contributed by atoms with van der Waals surface area (Å²) in [6.45, 7) is 2.08. The van der Waals surface area contributed by atoms with Crippen molar-refractivity contribution in [2.24, 2.45) is 0 Å². The average Bonchev–Trinajstić information content (AvgIpc) is 2.39. The maximum atomic E-state index is 5.59. The van der Waals surface area contributed by atoms with E-state index in [0.29, 0.717) is 0 Å². The second-order valence-corrected chi connectivity index (χ2v) is 4.16. The van der Waals surface area contributed by atoms with Gasteiger partial charge in [0.25, 0.3) is 0 Å². The molecule has 1 aromatic carbocycles. The Morgan fingerprint density at radius 1 is 1.18 bits per heavy atom. The van der Waals surface area contributed by atoms with Crippen LogP contribution in [-0.4, -0.2) is 4.98 Å². The molecule has 2 rings (SSSR count). The van der Waals surface area contributed by atoms with Crippen molar-refractivity contribution in [3.05, 3.63) is 65.5 Å². The molecular formula is C16H15N. The molecule has 1 heteroatoms. The van der Waals surface area contributed by atoms with Gasteiger partial charge in [-0.25, -0.2) is 0 Å². The zero-order valence-corrected chi connectivity index (χ0v) is 9.93. The topological polar surface area (TPSA) is 12.9 Å². The average molecular weight is 221 g/mol. The van der Waals surface area contributed by atoms with Gasteiger partial charge in [-0.2, -0.15) is 0 Å². The summed E-state index contributed by atoms with van der Waals surface area (Å²) in [6, 6.07) is 14.3. The normalized spacial score (nSPS) is 11.8. The number of pyridine rings is 1. The Morgan fingerprint density at radius 2 is 1.94 bits per heavy atom. The van der Waals surface area contributed by atoms with E-state index < -0.39 is 0 Å². The molecule has 1 heterocycles. The molecule has 0 bridgehead atoms. The molecule has 1 aromatic heterocycles. The summed E-state index contributed by atoms with van der Waals surface area (Å²) in [4.78, 5) is 4.32. The highest BCUT2D eigenvalue weighted by Crippen LogP contribution is 2.18. The van der Waals surface area contributed by atoms with Gasteiger partial charge < -0.3 is 0 Å². The van der Waals surface area contributed by atoms with Crippen LogP contribution in [-0.2, 0) is 6.42 Å². The van der Waals surface area contributed by atoms with Crippen molar-refractivity contribution in [1.29, 1.82) is 0 Å². The first-order valence-corrected chi connectivity index (χ1v) is 5.72. The molecule has 0 N–H and O–H groups in total. The van der Waals surface area contributed by atoms with Crippen LogP contribution in [0.1, 0.15) is 22.7 Å². The van der Waals surface area contributed by atoms with Crippen molar-refractivity contribution >= 4 is 0 Å². The van der Waals surface area contributed by atoms with Crippen LogP contribution in [0.3, 0.4) is 0 Å². The third-order valence-electron chi connectivity index (χ3n) is 2.81. The lowest BCUT2D eigenvalue weighted by molar-refractivity contribution is 0.825. The highest BCUT2D eigenvalue weighted by atomic mass is 14.7. The zero-order chi connectivity index (χ0) is 12.1. The molecule has 0 amide bonds. The van der Waals surface area contributed by atoms with E-state index in [2.05, 4.69) is 42.1 Å². The van der Waals surface area contributed by atoms with Crippen molar-refractivity contribution in [1.82, 2.24) is 4.98 Å². The van der Waals surface area contributed by atoms with Gasteiger partial charge in [0.15, 0.2) is 0 Å². The summed E-state index contributed by atoms with van der Waals surface area (Å²) in [5, 5.41) is 0. The van der Waals surface area contributed by atoms with E-state index in [0.717, 1.165) is 12.1 Å². The maximum absolute atomic E-state index is 5.59. The lowest BCUT2D eigenvalue weighted by Crippen LogP contribution is -2.02. The summed E-state index contributed by atoms with van der Waals surface area (Å²) in [6.07, 6.45) is 8.22. The lowest BCUT2D eigenvalue weighted by Gasteiger charge is -2.10. The van der Waals surface area contributed by atoms with Crippen molar-refractivity contribution in [3.8, 4) is 12.3 Å². The fourth-order valence-electron chi connectivity index (χ4n) is 1.79. The van der Waals surface area contributed by atoms with Gasteiger partial charge in [-0.3, -0.25) is 4.98 Å². The zero-order valence-electron chi connectivity index (χ0n) is 9.93. The van der Waals surface area contributed by atoms with Crippen LogP contribution in [0.25, 0.3) is 0 Å². The molecule has 1 atom stereocenters. The Labute approximate surface area is 103 Å². The number of rotatable bonds is 3. The predicted molar refractivity (Wildman–Crippen MR) is 70.7 cm³/mol. The molecule has 84 valence electrons. The van der Waals surface area contributed by atoms with Crippen LogP contribution < -0.4 is 0 Å². The monoisotopic (exact) mass is 221 g/mol. The molecule has 0 saturated heterocycles. The molecule has 0 aliphatic carbocycles. The summed E-state index contributed by atoms with van der Waals surface area (Å²) in [5.41, 5.74) is 3.49. The number of hydrogen-bond donors (Lipinski definition) is 0. The minimum atomic E-state index is 0.0545. The SMILES string of the molecule is C#CC(Cc1ccc(C)cc1)c1ccccn1. The van der Waals surface area contributed by atoms with Gasteiger partial charge in [0, 0.05) is 6.20 Å². The lowest BCUT2D eigenvalue weighted by atomic mass is 9.96. The highest BCUT2D eigenvalue weighted by molar-refractivity contribution is 5.27. The number of aromatic nitrogens is 1. The molecule has 0 aliphatic rings. The molecule has 2 aromatic rings. The third-order valence-corrected chi connectivity index (χ3v) is 2.81. The molecule has 0 saturated carbocycles. The van der Waals surface area contributed by atoms with Gasteiger partial charge in [-0.15, -0.1) is 6.42 Å². The van der Waals surface area contributed by atoms with Crippen molar-refractivity contribution in [3.63, 3.8) is 0 Å². The van der Waals surface area contributed by atoms with Crippen molar-refractivity contribution in [2.45, 2.75) is 19.3 Å². The van der Waals surface area contributed by atoms with Crippen LogP contribution in [0.2, 0.25) is 0 Å². The first-order chi connectivity index (χ1) is 8.29. The fourth-order valence-corrected chi connectivity index (χ4v) is 1.79. The Hall–Kier alpha value is -2.07. The Kier molecular flexibility index (Phi) is 3.57. The molecule has 1 unspecified atom stereocenters. The molecule has 1 nitrogen and oxygen atoms in total. The van der Waals surface area contributed by atoms with Crippen LogP contribution in [0.15, 0.2) is 48.7 Å².